The zero-order chi connectivity index (χ0) is 25.7. The predicted molar refractivity (Wildman–Crippen MR) is 141 cm³/mol. The predicted octanol–water partition coefficient (Wildman–Crippen LogP) is 4.62. The van der Waals surface area contributed by atoms with Crippen molar-refractivity contribution in [2.75, 3.05) is 17.9 Å². The number of hydrogen-bond acceptors (Lipinski definition) is 5. The zero-order valence-electron chi connectivity index (χ0n) is 20.4. The summed E-state index contributed by atoms with van der Waals surface area (Å²) in [5.41, 5.74) is 5.30. The second-order valence-corrected chi connectivity index (χ2v) is 10.1. The molecular weight excluding hydrogens is 480 g/mol. The monoisotopic (exact) mass is 511 g/mol. The number of aliphatic hydroxyl groups excluding tert-OH is 1. The molecule has 36 heavy (non-hydrogen) atoms. The Morgan fingerprint density at radius 1 is 1.06 bits per heavy atom. The van der Waals surface area contributed by atoms with Crippen molar-refractivity contribution in [1.82, 2.24) is 10.6 Å². The fourth-order valence-corrected chi connectivity index (χ4v) is 5.25. The molecule has 0 unspecified atom stereocenters. The van der Waals surface area contributed by atoms with Gasteiger partial charge in [-0.15, -0.1) is 0 Å². The lowest BCUT2D eigenvalue weighted by atomic mass is 9.99. The third-order valence-corrected chi connectivity index (χ3v) is 7.36. The highest BCUT2D eigenvalue weighted by molar-refractivity contribution is 8.00. The molecule has 1 aliphatic heterocycles. The molecule has 0 fully saturated rings. The van der Waals surface area contributed by atoms with Crippen LogP contribution in [0.3, 0.4) is 0 Å². The molecule has 0 saturated carbocycles. The van der Waals surface area contributed by atoms with E-state index in [1.807, 2.05) is 31.3 Å². The maximum atomic E-state index is 13.8. The average molecular weight is 512 g/mol. The SMILES string of the molecule is CCc1cccc(CNC[C@@H](O)[C@H](Cc2cc(F)cc(F)c2)NC(=O)c2ccc3c(c2)CSN3C)c1. The van der Waals surface area contributed by atoms with Gasteiger partial charge in [0.2, 0.25) is 0 Å². The van der Waals surface area contributed by atoms with E-state index in [1.165, 1.54) is 17.7 Å². The minimum absolute atomic E-state index is 0.0815. The first-order valence-corrected chi connectivity index (χ1v) is 13.0. The van der Waals surface area contributed by atoms with Crippen LogP contribution in [0.1, 0.15) is 39.5 Å². The number of fused-ring (bicyclic) bond motifs is 1. The van der Waals surface area contributed by atoms with Gasteiger partial charge in [0.25, 0.3) is 5.91 Å². The van der Waals surface area contributed by atoms with Gasteiger partial charge in [0.1, 0.15) is 11.6 Å². The molecule has 1 heterocycles. The maximum Gasteiger partial charge on any atom is 0.251 e. The summed E-state index contributed by atoms with van der Waals surface area (Å²) in [6.45, 7) is 2.85. The first-order chi connectivity index (χ1) is 17.3. The minimum atomic E-state index is -0.981. The topological polar surface area (TPSA) is 64.6 Å². The van der Waals surface area contributed by atoms with Gasteiger partial charge in [-0.2, -0.15) is 0 Å². The second-order valence-electron chi connectivity index (χ2n) is 9.05. The zero-order valence-corrected chi connectivity index (χ0v) is 21.2. The van der Waals surface area contributed by atoms with Crippen molar-refractivity contribution < 1.29 is 18.7 Å². The summed E-state index contributed by atoms with van der Waals surface area (Å²) in [5.74, 6) is -0.948. The molecule has 3 aromatic carbocycles. The van der Waals surface area contributed by atoms with Gasteiger partial charge in [0.15, 0.2) is 0 Å². The second kappa shape index (κ2) is 11.9. The Labute approximate surface area is 215 Å². The molecule has 1 amide bonds. The molecule has 2 atom stereocenters. The molecule has 0 spiro atoms. The first kappa shape index (κ1) is 26.1. The smallest absolute Gasteiger partial charge is 0.251 e. The summed E-state index contributed by atoms with van der Waals surface area (Å²) in [5, 5.41) is 17.1. The number of nitrogens with zero attached hydrogens (tertiary/aromatic N) is 1. The highest BCUT2D eigenvalue weighted by Crippen LogP contribution is 2.36. The Kier molecular flexibility index (Phi) is 8.61. The summed E-state index contributed by atoms with van der Waals surface area (Å²) in [6, 6.07) is 16.2. The molecule has 3 N–H and O–H groups in total. The van der Waals surface area contributed by atoms with Gasteiger partial charge in [-0.1, -0.05) is 31.2 Å². The van der Waals surface area contributed by atoms with Crippen LogP contribution in [-0.2, 0) is 25.1 Å². The lowest BCUT2D eigenvalue weighted by Crippen LogP contribution is -2.48. The van der Waals surface area contributed by atoms with Gasteiger partial charge >= 0.3 is 0 Å². The van der Waals surface area contributed by atoms with Crippen LogP contribution in [0.25, 0.3) is 0 Å². The molecule has 0 saturated heterocycles. The molecule has 0 aromatic heterocycles. The molecule has 3 aromatic rings. The van der Waals surface area contributed by atoms with Crippen LogP contribution < -0.4 is 14.9 Å². The average Bonchev–Trinajstić information content (AvgIpc) is 3.23. The summed E-state index contributed by atoms with van der Waals surface area (Å²) < 4.78 is 29.7. The van der Waals surface area contributed by atoms with Crippen molar-refractivity contribution >= 4 is 23.5 Å². The fourth-order valence-electron chi connectivity index (χ4n) is 4.37. The quantitative estimate of drug-likeness (QED) is 0.347. The standard InChI is InChI=1S/C28H31F2N3O2S/c1-3-18-5-4-6-19(9-18)15-31-16-27(34)25(12-20-10-23(29)14-24(30)11-20)32-28(35)21-7-8-26-22(13-21)17-36-33(26)2/h4-11,13-14,25,27,31,34H,3,12,15-17H2,1-2H3,(H,32,35)/t25-,27+/m0/s1. The third-order valence-electron chi connectivity index (χ3n) is 6.34. The van der Waals surface area contributed by atoms with Crippen molar-refractivity contribution in [1.29, 1.82) is 0 Å². The van der Waals surface area contributed by atoms with Gasteiger partial charge < -0.3 is 20.0 Å². The van der Waals surface area contributed by atoms with E-state index in [0.717, 1.165) is 35.1 Å². The van der Waals surface area contributed by atoms with E-state index in [1.54, 1.807) is 18.0 Å². The van der Waals surface area contributed by atoms with E-state index in [4.69, 9.17) is 0 Å². The summed E-state index contributed by atoms with van der Waals surface area (Å²) in [7, 11) is 1.98. The van der Waals surface area contributed by atoms with Gasteiger partial charge in [-0.3, -0.25) is 4.79 Å². The number of hydrogen-bond donors (Lipinski definition) is 3. The number of carbonyl (C=O) groups is 1. The minimum Gasteiger partial charge on any atom is -0.390 e. The number of aliphatic hydroxyl groups is 1. The Hall–Kier alpha value is -2.94. The maximum absolute atomic E-state index is 13.8. The molecule has 0 bridgehead atoms. The van der Waals surface area contributed by atoms with Gasteiger partial charge in [-0.05, 0) is 77.4 Å². The molecule has 5 nitrogen and oxygen atoms in total. The number of amides is 1. The number of nitrogens with one attached hydrogen (secondary N) is 2. The molecule has 8 heteroatoms. The van der Waals surface area contributed by atoms with Gasteiger partial charge in [0, 0.05) is 37.5 Å². The molecular formula is C28H31F2N3O2S. The van der Waals surface area contributed by atoms with E-state index >= 15 is 0 Å². The number of anilines is 1. The van der Waals surface area contributed by atoms with Crippen molar-refractivity contribution in [2.45, 2.75) is 44.2 Å². The lowest BCUT2D eigenvalue weighted by Gasteiger charge is -2.25. The Bertz CT molecular complexity index is 1200. The van der Waals surface area contributed by atoms with Crippen LogP contribution in [0.2, 0.25) is 0 Å². The number of aryl methyl sites for hydroxylation is 1. The molecule has 0 aliphatic carbocycles. The van der Waals surface area contributed by atoms with E-state index in [9.17, 15) is 18.7 Å². The third kappa shape index (κ3) is 6.63. The molecule has 4 rings (SSSR count). The van der Waals surface area contributed by atoms with Crippen molar-refractivity contribution in [3.05, 3.63) is 100 Å². The van der Waals surface area contributed by atoms with Crippen LogP contribution in [0.4, 0.5) is 14.5 Å². The van der Waals surface area contributed by atoms with E-state index in [2.05, 4.69) is 34.0 Å². The molecule has 190 valence electrons. The van der Waals surface area contributed by atoms with Gasteiger partial charge in [0.05, 0.1) is 17.8 Å². The number of benzene rings is 3. The van der Waals surface area contributed by atoms with E-state index in [-0.39, 0.29) is 18.9 Å². The van der Waals surface area contributed by atoms with Crippen LogP contribution in [0.15, 0.2) is 60.7 Å². The highest BCUT2D eigenvalue weighted by atomic mass is 32.2. The molecule has 1 aliphatic rings. The Morgan fingerprint density at radius 3 is 2.56 bits per heavy atom. The van der Waals surface area contributed by atoms with Crippen LogP contribution in [-0.4, -0.2) is 36.8 Å². The van der Waals surface area contributed by atoms with E-state index < -0.39 is 23.8 Å². The fraction of sp³-hybridized carbons (Fsp3) is 0.321. The summed E-state index contributed by atoms with van der Waals surface area (Å²) in [6.07, 6.45) is 0.0376. The Balaban J connectivity index is 1.46. The lowest BCUT2D eigenvalue weighted by molar-refractivity contribution is 0.0830. The first-order valence-electron chi connectivity index (χ1n) is 12.0. The van der Waals surface area contributed by atoms with Crippen molar-refractivity contribution in [2.24, 2.45) is 0 Å². The highest BCUT2D eigenvalue weighted by Gasteiger charge is 2.24. The van der Waals surface area contributed by atoms with Crippen LogP contribution in [0.5, 0.6) is 0 Å². The van der Waals surface area contributed by atoms with Crippen LogP contribution >= 0.6 is 11.9 Å². The van der Waals surface area contributed by atoms with Gasteiger partial charge in [-0.25, -0.2) is 8.78 Å². The number of carbonyl (C=O) groups excluding carboxylic acids is 1. The number of rotatable bonds is 10. The normalized spacial score (nSPS) is 14.4. The summed E-state index contributed by atoms with van der Waals surface area (Å²) in [4.78, 5) is 13.1. The molecule has 0 radical (unpaired) electrons. The number of halogens is 2. The van der Waals surface area contributed by atoms with E-state index in [0.29, 0.717) is 17.7 Å². The van der Waals surface area contributed by atoms with Crippen LogP contribution in [0, 0.1) is 11.6 Å². The van der Waals surface area contributed by atoms with Crippen molar-refractivity contribution in [3.63, 3.8) is 0 Å². The van der Waals surface area contributed by atoms with Crippen molar-refractivity contribution in [3.8, 4) is 0 Å². The largest absolute Gasteiger partial charge is 0.390 e. The Morgan fingerprint density at radius 2 is 1.81 bits per heavy atom. The summed E-state index contributed by atoms with van der Waals surface area (Å²) >= 11 is 1.66.